The molecule has 0 spiro atoms. The summed E-state index contributed by atoms with van der Waals surface area (Å²) in [6.45, 7) is 13.3. The SMILES string of the molecule is C[Si](C)(C)/C(=C/C=C(\SC#N)[Si](C)(C)C)SC#N. The van der Waals surface area contributed by atoms with Gasteiger partial charge in [0.1, 0.15) is 10.8 Å². The van der Waals surface area contributed by atoms with Crippen molar-refractivity contribution < 1.29 is 0 Å². The Balaban J connectivity index is 5.36. The summed E-state index contributed by atoms with van der Waals surface area (Å²) in [5.74, 6) is 0. The van der Waals surface area contributed by atoms with E-state index in [1.807, 2.05) is 0 Å². The number of hydrogen-bond acceptors (Lipinski definition) is 4. The highest BCUT2D eigenvalue weighted by molar-refractivity contribution is 8.09. The molecule has 0 amide bonds. The molecule has 0 aromatic heterocycles. The summed E-state index contributed by atoms with van der Waals surface area (Å²) in [7, 11) is -2.95. The zero-order valence-corrected chi connectivity index (χ0v) is 15.5. The largest absolute Gasteiger partial charge is 0.185 e. The van der Waals surface area contributed by atoms with Crippen molar-refractivity contribution in [1.29, 1.82) is 10.5 Å². The number of rotatable bonds is 5. The molecule has 0 rings (SSSR count). The zero-order chi connectivity index (χ0) is 14.4. The molecule has 6 heteroatoms. The lowest BCUT2D eigenvalue weighted by Gasteiger charge is -2.19. The van der Waals surface area contributed by atoms with Crippen LogP contribution < -0.4 is 0 Å². The molecule has 0 fully saturated rings. The predicted octanol–water partition coefficient (Wildman–Crippen LogP) is 4.94. The summed E-state index contributed by atoms with van der Waals surface area (Å²) in [6, 6.07) is 0. The Hall–Kier alpha value is -0.406. The quantitative estimate of drug-likeness (QED) is 0.410. The van der Waals surface area contributed by atoms with Crippen molar-refractivity contribution in [3.63, 3.8) is 0 Å². The fourth-order valence-corrected chi connectivity index (χ4v) is 5.48. The van der Waals surface area contributed by atoms with Crippen LogP contribution >= 0.6 is 23.5 Å². The lowest BCUT2D eigenvalue weighted by atomic mass is 10.6. The maximum absolute atomic E-state index is 8.85. The molecule has 0 bridgehead atoms. The Morgan fingerprint density at radius 1 is 0.778 bits per heavy atom. The Morgan fingerprint density at radius 3 is 1.22 bits per heavy atom. The highest BCUT2D eigenvalue weighted by atomic mass is 32.2. The van der Waals surface area contributed by atoms with E-state index >= 15 is 0 Å². The van der Waals surface area contributed by atoms with Gasteiger partial charge >= 0.3 is 0 Å². The van der Waals surface area contributed by atoms with Gasteiger partial charge in [-0.15, -0.1) is 0 Å². The molecule has 0 N–H and O–H groups in total. The molecular formula is C12H20N2S2Si2. The molecule has 0 aliphatic rings. The van der Waals surface area contributed by atoms with E-state index in [-0.39, 0.29) is 0 Å². The van der Waals surface area contributed by atoms with Gasteiger partial charge in [-0.3, -0.25) is 0 Å². The second-order valence-corrected chi connectivity index (χ2v) is 18.4. The minimum Gasteiger partial charge on any atom is -0.185 e. The smallest absolute Gasteiger partial charge is 0.137 e. The number of thiocyanates is 2. The summed E-state index contributed by atoms with van der Waals surface area (Å²) in [6.07, 6.45) is 4.11. The molecule has 18 heavy (non-hydrogen) atoms. The van der Waals surface area contributed by atoms with Gasteiger partial charge in [-0.1, -0.05) is 51.4 Å². The van der Waals surface area contributed by atoms with Gasteiger partial charge in [0.2, 0.25) is 0 Å². The zero-order valence-electron chi connectivity index (χ0n) is 11.9. The highest BCUT2D eigenvalue weighted by Gasteiger charge is 2.22. The third kappa shape index (κ3) is 6.51. The van der Waals surface area contributed by atoms with Crippen molar-refractivity contribution in [2.24, 2.45) is 0 Å². The lowest BCUT2D eigenvalue weighted by Crippen LogP contribution is -2.23. The third-order valence-electron chi connectivity index (χ3n) is 2.18. The number of hydrogen-bond donors (Lipinski definition) is 0. The number of nitriles is 2. The molecule has 98 valence electrons. The molecule has 0 aliphatic carbocycles. The molecule has 0 atom stereocenters. The van der Waals surface area contributed by atoms with Crippen molar-refractivity contribution >= 4 is 39.7 Å². The van der Waals surface area contributed by atoms with Crippen LogP contribution in [0, 0.1) is 21.3 Å². The van der Waals surface area contributed by atoms with Crippen LogP contribution in [0.15, 0.2) is 21.2 Å². The second kappa shape index (κ2) is 7.25. The average molecular weight is 313 g/mol. The van der Waals surface area contributed by atoms with Gasteiger partial charge in [0.15, 0.2) is 0 Å². The fourth-order valence-electron chi connectivity index (χ4n) is 1.12. The first-order chi connectivity index (χ1) is 8.12. The van der Waals surface area contributed by atoms with Crippen molar-refractivity contribution in [3.8, 4) is 10.8 Å². The van der Waals surface area contributed by atoms with E-state index in [1.54, 1.807) is 0 Å². The van der Waals surface area contributed by atoms with Gasteiger partial charge in [-0.25, -0.2) is 0 Å². The van der Waals surface area contributed by atoms with Crippen molar-refractivity contribution in [1.82, 2.24) is 0 Å². The van der Waals surface area contributed by atoms with E-state index in [1.165, 1.54) is 32.6 Å². The average Bonchev–Trinajstić information content (AvgIpc) is 2.18. The monoisotopic (exact) mass is 312 g/mol. The molecular weight excluding hydrogens is 292 g/mol. The summed E-state index contributed by atoms with van der Waals surface area (Å²) in [5.41, 5.74) is 0. The van der Waals surface area contributed by atoms with Crippen molar-refractivity contribution in [2.75, 3.05) is 0 Å². The van der Waals surface area contributed by atoms with E-state index in [2.05, 4.69) is 62.2 Å². The van der Waals surface area contributed by atoms with Crippen LogP contribution in [0.3, 0.4) is 0 Å². The molecule has 0 aliphatic heterocycles. The number of nitrogens with zero attached hydrogens (tertiary/aromatic N) is 2. The van der Waals surface area contributed by atoms with Crippen LogP contribution in [0.1, 0.15) is 0 Å². The van der Waals surface area contributed by atoms with Gasteiger partial charge in [-0.05, 0) is 32.6 Å². The summed E-state index contributed by atoms with van der Waals surface area (Å²) < 4.78 is 2.33. The van der Waals surface area contributed by atoms with E-state index in [0.29, 0.717) is 0 Å². The molecule has 0 aromatic carbocycles. The summed E-state index contributed by atoms with van der Waals surface area (Å²) >= 11 is 2.52. The standard InChI is InChI=1S/C12H20N2S2Si2/c1-17(2,3)11(15-9-13)7-8-12(16-10-14)18(4,5)6/h7-8H,1-6H3/b11-7+,12-8+. The molecule has 0 radical (unpaired) electrons. The minimum atomic E-state index is -1.48. The normalized spacial score (nSPS) is 14.0. The van der Waals surface area contributed by atoms with E-state index in [9.17, 15) is 0 Å². The van der Waals surface area contributed by atoms with Crippen LogP contribution in [-0.4, -0.2) is 16.1 Å². The first kappa shape index (κ1) is 17.6. The maximum Gasteiger partial charge on any atom is 0.137 e. The Labute approximate surface area is 121 Å². The molecule has 2 nitrogen and oxygen atoms in total. The van der Waals surface area contributed by atoms with Crippen LogP contribution in [0.5, 0.6) is 0 Å². The van der Waals surface area contributed by atoms with Crippen molar-refractivity contribution in [3.05, 3.63) is 21.2 Å². The Bertz CT molecular complexity index is 387. The van der Waals surface area contributed by atoms with Gasteiger partial charge in [-0.2, -0.15) is 10.5 Å². The van der Waals surface area contributed by atoms with Crippen LogP contribution in [0.2, 0.25) is 39.3 Å². The van der Waals surface area contributed by atoms with E-state index in [0.717, 1.165) is 0 Å². The van der Waals surface area contributed by atoms with Gasteiger partial charge in [0, 0.05) is 0 Å². The topological polar surface area (TPSA) is 47.6 Å². The summed E-state index contributed by atoms with van der Waals surface area (Å²) in [5, 5.41) is 22.0. The van der Waals surface area contributed by atoms with E-state index < -0.39 is 16.1 Å². The third-order valence-corrected chi connectivity index (χ3v) is 10.6. The Morgan fingerprint density at radius 2 is 1.06 bits per heavy atom. The second-order valence-electron chi connectivity index (χ2n) is 5.95. The highest BCUT2D eigenvalue weighted by Crippen LogP contribution is 2.29. The van der Waals surface area contributed by atoms with Crippen LogP contribution in [-0.2, 0) is 0 Å². The van der Waals surface area contributed by atoms with Crippen LogP contribution in [0.4, 0.5) is 0 Å². The Kier molecular flexibility index (Phi) is 7.08. The minimum absolute atomic E-state index is 1.17. The van der Waals surface area contributed by atoms with Gasteiger partial charge in [0.25, 0.3) is 0 Å². The fraction of sp³-hybridized carbons (Fsp3) is 0.500. The van der Waals surface area contributed by atoms with E-state index in [4.69, 9.17) is 10.5 Å². The van der Waals surface area contributed by atoms with Gasteiger partial charge < -0.3 is 0 Å². The predicted molar refractivity (Wildman–Crippen MR) is 89.3 cm³/mol. The lowest BCUT2D eigenvalue weighted by molar-refractivity contribution is 1.57. The maximum atomic E-state index is 8.85. The molecule has 0 heterocycles. The molecule has 0 saturated carbocycles. The first-order valence-corrected chi connectivity index (χ1v) is 14.3. The molecule has 0 unspecified atom stereocenters. The first-order valence-electron chi connectivity index (χ1n) is 5.67. The summed E-state index contributed by atoms with van der Waals surface area (Å²) in [4.78, 5) is 0. The van der Waals surface area contributed by atoms with Gasteiger partial charge in [0.05, 0.1) is 16.1 Å². The molecule has 0 saturated heterocycles. The van der Waals surface area contributed by atoms with Crippen molar-refractivity contribution in [2.45, 2.75) is 39.3 Å². The van der Waals surface area contributed by atoms with Crippen LogP contribution in [0.25, 0.3) is 0 Å². The molecule has 0 aromatic rings. The number of thioether (sulfide) groups is 2. The number of allylic oxidation sites excluding steroid dienone is 2.